The van der Waals surface area contributed by atoms with Crippen LogP contribution in [0.5, 0.6) is 0 Å². The summed E-state index contributed by atoms with van der Waals surface area (Å²) in [4.78, 5) is 23.6. The average molecular weight is 475 g/mol. The fourth-order valence-corrected chi connectivity index (χ4v) is 0.948. The van der Waals surface area contributed by atoms with Crippen LogP contribution < -0.4 is 0 Å². The number of hydrogen-bond donors (Lipinski definition) is 0. The van der Waals surface area contributed by atoms with E-state index in [0.29, 0.717) is 0 Å². The highest BCUT2D eigenvalue weighted by molar-refractivity contribution is 15.0. The maximum atomic E-state index is 10.6. The van der Waals surface area contributed by atoms with Gasteiger partial charge in [-0.2, -0.15) is 0 Å². The van der Waals surface area contributed by atoms with Crippen molar-refractivity contribution in [1.82, 2.24) is 4.98 Å². The third kappa shape index (κ3) is 4.74. The first kappa shape index (κ1) is 15.3. The summed E-state index contributed by atoms with van der Waals surface area (Å²) in [7, 11) is 0. The summed E-state index contributed by atoms with van der Waals surface area (Å²) in [6, 6.07) is 0.977. The lowest BCUT2D eigenvalue weighted by molar-refractivity contribution is -0.385. The topological polar surface area (TPSA) is 73.1 Å². The maximum Gasteiger partial charge on any atom is 0.307 e. The van der Waals surface area contributed by atoms with Crippen LogP contribution in [0.3, 0.4) is 0 Å². The predicted molar refractivity (Wildman–Crippen MR) is 74.1 cm³/mol. The third-order valence-corrected chi connectivity index (χ3v) is 1.75. The minimum Gasteiger partial charge on any atom is -0.276 e. The van der Waals surface area contributed by atoms with E-state index >= 15 is 0 Å². The minimum absolute atomic E-state index is 0.0576. The van der Waals surface area contributed by atoms with Crippen molar-refractivity contribution in [3.05, 3.63) is 33.1 Å². The second-order valence-electron chi connectivity index (χ2n) is 2.06. The van der Waals surface area contributed by atoms with Gasteiger partial charge in [-0.15, -0.1) is 0 Å². The second kappa shape index (κ2) is 7.52. The summed E-state index contributed by atoms with van der Waals surface area (Å²) in [6.45, 7) is 0. The Morgan fingerprint density at radius 2 is 2.07 bits per heavy atom. The number of aromatic nitrogens is 1. The van der Waals surface area contributed by atoms with Crippen LogP contribution in [-0.4, -0.2) is 15.1 Å². The summed E-state index contributed by atoms with van der Waals surface area (Å²) in [6.07, 6.45) is 1.07. The largest absolute Gasteiger partial charge is 0.307 e. The third-order valence-electron chi connectivity index (χ3n) is 1.24. The highest BCUT2D eigenvalue weighted by Crippen LogP contribution is 2.22. The van der Waals surface area contributed by atoms with Gasteiger partial charge in [0, 0.05) is 49.5 Å². The molecule has 5 nitrogen and oxygen atoms in total. The fourth-order valence-electron chi connectivity index (χ4n) is 0.672. The lowest BCUT2D eigenvalue weighted by atomic mass is 10.3. The molecule has 1 rings (SSSR count). The molecule has 0 aromatic carbocycles. The van der Waals surface area contributed by atoms with E-state index in [2.05, 4.69) is 42.2 Å². The van der Waals surface area contributed by atoms with Gasteiger partial charge in [0.1, 0.15) is 0 Å². The van der Waals surface area contributed by atoms with Gasteiger partial charge in [-0.1, -0.05) is 11.6 Å². The highest BCUT2D eigenvalue weighted by Gasteiger charge is 2.16. The zero-order chi connectivity index (χ0) is 12.0. The lowest BCUT2D eigenvalue weighted by Gasteiger charge is -1.95. The van der Waals surface area contributed by atoms with E-state index in [4.69, 9.17) is 23.2 Å². The molecule has 0 aliphatic rings. The first-order valence-corrected chi connectivity index (χ1v) is 10.2. The van der Waals surface area contributed by atoms with Gasteiger partial charge in [0.15, 0.2) is 0 Å². The molecule has 0 radical (unpaired) electrons. The zero-order valence-electron chi connectivity index (χ0n) is 6.79. The van der Waals surface area contributed by atoms with Crippen LogP contribution in [0, 0.1) is 10.1 Å². The molecule has 15 heavy (non-hydrogen) atoms. The molecule has 0 bridgehead atoms. The number of rotatable bonds is 2. The van der Waals surface area contributed by atoms with Crippen molar-refractivity contribution in [3.63, 3.8) is 0 Å². The molecule has 82 valence electrons. The van der Waals surface area contributed by atoms with E-state index in [0.717, 1.165) is 12.3 Å². The molecule has 0 spiro atoms. The molecule has 0 saturated heterocycles. The zero-order valence-corrected chi connectivity index (χ0v) is 12.6. The quantitative estimate of drug-likeness (QED) is 0.215. The van der Waals surface area contributed by atoms with E-state index in [1.165, 1.54) is 0 Å². The van der Waals surface area contributed by atoms with Gasteiger partial charge in [0.2, 0.25) is 5.15 Å². The molecule has 0 aliphatic heterocycles. The van der Waals surface area contributed by atoms with E-state index in [1.807, 2.05) is 0 Å². The van der Waals surface area contributed by atoms with Crippen LogP contribution in [0.1, 0.15) is 10.4 Å². The standard InChI is InChI=1S/C6H2Cl2N2O3.I2/c7-5-4(10(12)13)1-3(2-9-5)6(8)11;1-2/h1-2H;. The number of carbonyl (C=O) groups is 1. The summed E-state index contributed by atoms with van der Waals surface area (Å²) >= 11 is 14.7. The number of carbonyl (C=O) groups excluding carboxylic acids is 1. The van der Waals surface area contributed by atoms with Gasteiger partial charge in [-0.05, 0) is 11.6 Å². The average Bonchev–Trinajstić information content (AvgIpc) is 2.20. The van der Waals surface area contributed by atoms with E-state index in [-0.39, 0.29) is 10.7 Å². The molecule has 1 heterocycles. The maximum absolute atomic E-state index is 10.6. The highest BCUT2D eigenvalue weighted by atomic mass is 128. The molecule has 0 N–H and O–H groups in total. The molecule has 0 fully saturated rings. The Balaban J connectivity index is 0.000000921. The van der Waals surface area contributed by atoms with Gasteiger partial charge in [-0.3, -0.25) is 14.9 Å². The van der Waals surface area contributed by atoms with Crippen LogP contribution in [0.4, 0.5) is 5.69 Å². The molecular formula is C6H2Cl2I2N2O3. The van der Waals surface area contributed by atoms with Crippen LogP contribution in [0.2, 0.25) is 5.15 Å². The number of hydrogen-bond acceptors (Lipinski definition) is 4. The molecule has 0 aliphatic carbocycles. The Labute approximate surface area is 118 Å². The Hall–Kier alpha value is 0.260. The molecule has 1 aromatic rings. The van der Waals surface area contributed by atoms with Crippen molar-refractivity contribution in [2.24, 2.45) is 0 Å². The van der Waals surface area contributed by atoms with Crippen LogP contribution in [0.15, 0.2) is 12.3 Å². The molecular weight excluding hydrogens is 473 g/mol. The monoisotopic (exact) mass is 474 g/mol. The van der Waals surface area contributed by atoms with Crippen LogP contribution in [0.25, 0.3) is 0 Å². The lowest BCUT2D eigenvalue weighted by Crippen LogP contribution is -1.96. The summed E-state index contributed by atoms with van der Waals surface area (Å²) in [5.41, 5.74) is -0.495. The molecule has 0 unspecified atom stereocenters. The normalized spacial score (nSPS) is 8.80. The Morgan fingerprint density at radius 1 is 1.53 bits per heavy atom. The van der Waals surface area contributed by atoms with Crippen molar-refractivity contribution >= 4 is 71.4 Å². The predicted octanol–water partition coefficient (Wildman–Crippen LogP) is 3.79. The van der Waals surface area contributed by atoms with Crippen molar-refractivity contribution < 1.29 is 9.72 Å². The molecule has 1 aromatic heterocycles. The smallest absolute Gasteiger partial charge is 0.276 e. The molecule has 0 amide bonds. The van der Waals surface area contributed by atoms with Crippen LogP contribution in [-0.2, 0) is 0 Å². The van der Waals surface area contributed by atoms with Crippen molar-refractivity contribution in [1.29, 1.82) is 0 Å². The first-order chi connectivity index (χ1) is 7.02. The number of nitrogens with zero attached hydrogens (tertiary/aromatic N) is 2. The van der Waals surface area contributed by atoms with Gasteiger partial charge in [0.25, 0.3) is 5.24 Å². The number of halogens is 4. The number of pyridine rings is 1. The summed E-state index contributed by atoms with van der Waals surface area (Å²) in [5, 5.41) is 9.24. The van der Waals surface area contributed by atoms with Gasteiger partial charge < -0.3 is 0 Å². The number of nitro groups is 1. The van der Waals surface area contributed by atoms with Crippen LogP contribution >= 0.6 is 60.4 Å². The first-order valence-electron chi connectivity index (χ1n) is 3.16. The van der Waals surface area contributed by atoms with Crippen molar-refractivity contribution in [2.45, 2.75) is 0 Å². The second-order valence-corrected chi connectivity index (χ2v) is 2.77. The van der Waals surface area contributed by atoms with Gasteiger partial charge >= 0.3 is 5.69 Å². The fraction of sp³-hybridized carbons (Fsp3) is 0. The Bertz CT molecular complexity index is 389. The van der Waals surface area contributed by atoms with Crippen molar-refractivity contribution in [2.75, 3.05) is 0 Å². The molecule has 9 heteroatoms. The van der Waals surface area contributed by atoms with E-state index in [9.17, 15) is 14.9 Å². The minimum atomic E-state index is -0.813. The van der Waals surface area contributed by atoms with E-state index < -0.39 is 15.9 Å². The molecule has 0 atom stereocenters. The van der Waals surface area contributed by atoms with E-state index in [1.54, 1.807) is 0 Å². The van der Waals surface area contributed by atoms with Crippen molar-refractivity contribution in [3.8, 4) is 0 Å². The SMILES string of the molecule is II.O=C(Cl)c1cnc(Cl)c([N+](=O)[O-])c1. The molecule has 0 saturated carbocycles. The van der Waals surface area contributed by atoms with Gasteiger partial charge in [0.05, 0.1) is 10.5 Å². The Morgan fingerprint density at radius 3 is 2.47 bits per heavy atom. The van der Waals surface area contributed by atoms with Gasteiger partial charge in [-0.25, -0.2) is 4.98 Å². The summed E-state index contributed by atoms with van der Waals surface area (Å²) in [5.74, 6) is 0. The summed E-state index contributed by atoms with van der Waals surface area (Å²) < 4.78 is 0. The Kier molecular flexibility index (Phi) is 7.65.